The second kappa shape index (κ2) is 9.95. The van der Waals surface area contributed by atoms with E-state index in [0.29, 0.717) is 5.56 Å². The Morgan fingerprint density at radius 1 is 1.23 bits per heavy atom. The lowest BCUT2D eigenvalue weighted by Crippen LogP contribution is -2.57. The maximum Gasteiger partial charge on any atom is 0.470 e. The standard InChI is InChI=1S/C20H24N5O9P/c1-24-9-23-19-14(18(24)21)22-10-25(19)20-16(28)17(34-35(29,30)31)15(27)12(33-20)8-32-13(26)7-11-5-3-2-4-6-11/h2-6,9-10,12,15-17,20-21,27-28H,7-8H2,1H3,(H2,29,30,31)/p+1/t12-,15-,16-,17+,20-/m1/s1. The first-order valence-corrected chi connectivity index (χ1v) is 12.0. The van der Waals surface area contributed by atoms with Gasteiger partial charge in [0.15, 0.2) is 11.7 Å². The van der Waals surface area contributed by atoms with Crippen LogP contribution in [0.25, 0.3) is 11.2 Å². The predicted molar refractivity (Wildman–Crippen MR) is 117 cm³/mol. The fourth-order valence-corrected chi connectivity index (χ4v) is 4.34. The number of ether oxygens (including phenoxy) is 2. The number of nitrogen functional groups attached to an aromatic ring is 1. The number of aliphatic hydroxyl groups is 2. The molecule has 1 aliphatic rings. The van der Waals surface area contributed by atoms with Crippen LogP contribution in [0.5, 0.6) is 0 Å². The fourth-order valence-electron chi connectivity index (χ4n) is 3.78. The molecule has 35 heavy (non-hydrogen) atoms. The van der Waals surface area contributed by atoms with Gasteiger partial charge in [-0.3, -0.25) is 13.9 Å². The summed E-state index contributed by atoms with van der Waals surface area (Å²) >= 11 is 0. The number of anilines is 1. The van der Waals surface area contributed by atoms with Gasteiger partial charge in [0, 0.05) is 0 Å². The molecule has 5 atom stereocenters. The van der Waals surface area contributed by atoms with E-state index in [9.17, 15) is 29.4 Å². The van der Waals surface area contributed by atoms with Crippen LogP contribution in [0.4, 0.5) is 5.82 Å². The van der Waals surface area contributed by atoms with E-state index >= 15 is 0 Å². The van der Waals surface area contributed by atoms with Gasteiger partial charge in [0.25, 0.3) is 5.82 Å². The summed E-state index contributed by atoms with van der Waals surface area (Å²) in [4.78, 5) is 39.3. The summed E-state index contributed by atoms with van der Waals surface area (Å²) in [5.74, 6) is -0.342. The zero-order valence-electron chi connectivity index (χ0n) is 18.5. The van der Waals surface area contributed by atoms with E-state index in [1.807, 2.05) is 0 Å². The first kappa shape index (κ1) is 25.1. The topological polar surface area (TPSA) is 203 Å². The van der Waals surface area contributed by atoms with Crippen molar-refractivity contribution in [3.05, 3.63) is 48.5 Å². The molecular weight excluding hydrogens is 485 g/mol. The van der Waals surface area contributed by atoms with E-state index in [1.165, 1.54) is 21.8 Å². The fraction of sp³-hybridized carbons (Fsp3) is 0.400. The summed E-state index contributed by atoms with van der Waals surface area (Å²) in [5, 5.41) is 21.5. The number of rotatable bonds is 7. The molecular formula is C20H25N5O9P+. The van der Waals surface area contributed by atoms with Crippen LogP contribution in [0.1, 0.15) is 11.8 Å². The van der Waals surface area contributed by atoms with Gasteiger partial charge < -0.3 is 35.2 Å². The Morgan fingerprint density at radius 2 is 1.94 bits per heavy atom. The van der Waals surface area contributed by atoms with Gasteiger partial charge in [0.1, 0.15) is 37.4 Å². The third-order valence-electron chi connectivity index (χ3n) is 5.54. The number of hydrogen-bond acceptors (Lipinski definition) is 10. The molecule has 1 aromatic carbocycles. The van der Waals surface area contributed by atoms with Gasteiger partial charge >= 0.3 is 13.8 Å². The highest BCUT2D eigenvalue weighted by Crippen LogP contribution is 2.43. The second-order valence-corrected chi connectivity index (χ2v) is 9.21. The average molecular weight is 510 g/mol. The van der Waals surface area contributed by atoms with Crippen LogP contribution >= 0.6 is 7.82 Å². The Kier molecular flexibility index (Phi) is 7.15. The number of esters is 1. The Labute approximate surface area is 198 Å². The number of phosphoric ester groups is 1. The first-order chi connectivity index (χ1) is 16.5. The molecule has 0 unspecified atom stereocenters. The highest BCUT2D eigenvalue weighted by Gasteiger charge is 2.49. The number of aliphatic hydroxyl groups excluding tert-OH is 2. The number of aryl methyl sites for hydroxylation is 1. The summed E-state index contributed by atoms with van der Waals surface area (Å²) in [6.07, 6.45) is -5.33. The number of imidazole rings is 1. The molecule has 1 fully saturated rings. The molecule has 14 nitrogen and oxygen atoms in total. The summed E-state index contributed by atoms with van der Waals surface area (Å²) in [5.41, 5.74) is 7.22. The normalized spacial score (nSPS) is 25.0. The maximum atomic E-state index is 12.3. The number of carbonyl (C=O) groups is 1. The molecule has 3 aromatic rings. The van der Waals surface area contributed by atoms with Crippen LogP contribution in [0.15, 0.2) is 43.0 Å². The number of fused-ring (bicyclic) bond motifs is 1. The van der Waals surface area contributed by atoms with Crippen LogP contribution in [0.3, 0.4) is 0 Å². The third-order valence-corrected chi connectivity index (χ3v) is 6.06. The summed E-state index contributed by atoms with van der Waals surface area (Å²) in [6, 6.07) is 8.82. The van der Waals surface area contributed by atoms with Crippen molar-refractivity contribution in [2.75, 3.05) is 12.3 Å². The van der Waals surface area contributed by atoms with Gasteiger partial charge in [-0.25, -0.2) is 14.1 Å². The molecule has 1 saturated heterocycles. The maximum absolute atomic E-state index is 12.3. The minimum absolute atomic E-state index is 0.0372. The van der Waals surface area contributed by atoms with Gasteiger partial charge in [0.05, 0.1) is 13.5 Å². The predicted octanol–water partition coefficient (Wildman–Crippen LogP) is -1.28. The lowest BCUT2D eigenvalue weighted by Gasteiger charge is -2.42. The van der Waals surface area contributed by atoms with Crippen LogP contribution in [-0.4, -0.2) is 71.5 Å². The minimum atomic E-state index is -5.13. The number of phosphoric acid groups is 1. The number of carbonyl (C=O) groups excluding carboxylic acids is 1. The van der Waals surface area contributed by atoms with Crippen LogP contribution in [0.2, 0.25) is 0 Å². The van der Waals surface area contributed by atoms with Gasteiger partial charge in [-0.05, 0) is 5.56 Å². The Balaban J connectivity index is 1.59. The molecule has 15 heteroatoms. The smallest absolute Gasteiger partial charge is 0.463 e. The lowest BCUT2D eigenvalue weighted by atomic mass is 9.98. The van der Waals surface area contributed by atoms with Crippen molar-refractivity contribution in [2.45, 2.75) is 37.1 Å². The number of hydrogen-bond donors (Lipinski definition) is 5. The van der Waals surface area contributed by atoms with Crippen molar-refractivity contribution in [1.82, 2.24) is 14.5 Å². The van der Waals surface area contributed by atoms with E-state index in [-0.39, 0.29) is 23.4 Å². The summed E-state index contributed by atoms with van der Waals surface area (Å²) in [6.45, 7) is -0.478. The van der Waals surface area contributed by atoms with Gasteiger partial charge in [-0.15, -0.1) is 0 Å². The molecule has 1 aliphatic heterocycles. The highest BCUT2D eigenvalue weighted by atomic mass is 31.2. The lowest BCUT2D eigenvalue weighted by molar-refractivity contribution is -0.658. The van der Waals surface area contributed by atoms with E-state index in [2.05, 4.69) is 14.5 Å². The summed E-state index contributed by atoms with van der Waals surface area (Å²) < 4.78 is 30.1. The third kappa shape index (κ3) is 5.49. The van der Waals surface area contributed by atoms with Crippen molar-refractivity contribution in [1.29, 1.82) is 0 Å². The molecule has 188 valence electrons. The van der Waals surface area contributed by atoms with E-state index < -0.39 is 51.0 Å². The van der Waals surface area contributed by atoms with Gasteiger partial charge in [-0.2, -0.15) is 0 Å². The molecule has 0 amide bonds. The zero-order chi connectivity index (χ0) is 25.3. The number of nitrogens with zero attached hydrogens (tertiary/aromatic N) is 4. The highest BCUT2D eigenvalue weighted by molar-refractivity contribution is 7.46. The molecule has 0 radical (unpaired) electrons. The van der Waals surface area contributed by atoms with Crippen molar-refractivity contribution in [3.63, 3.8) is 0 Å². The molecule has 4 rings (SSSR count). The van der Waals surface area contributed by atoms with E-state index in [0.717, 1.165) is 0 Å². The minimum Gasteiger partial charge on any atom is -0.463 e. The molecule has 2 aromatic heterocycles. The number of aromatic nitrogens is 4. The number of nitrogens with two attached hydrogens (primary N) is 1. The quantitative estimate of drug-likeness (QED) is 0.143. The SMILES string of the molecule is C[n+]1cnc2c(ncn2[C@@H]2O[C@H](COC(=O)Cc3ccccc3)[C@@H](O)[C@H](OP(=O)(O)O)[C@H]2O)c1N. The van der Waals surface area contributed by atoms with Gasteiger partial charge in [0.2, 0.25) is 12.0 Å². The van der Waals surface area contributed by atoms with Crippen LogP contribution in [0, 0.1) is 0 Å². The number of benzene rings is 1. The van der Waals surface area contributed by atoms with Crippen molar-refractivity contribution in [2.24, 2.45) is 7.05 Å². The summed E-state index contributed by atoms with van der Waals surface area (Å²) in [7, 11) is -3.47. The molecule has 0 saturated carbocycles. The zero-order valence-corrected chi connectivity index (χ0v) is 19.4. The molecule has 0 spiro atoms. The van der Waals surface area contributed by atoms with Gasteiger partial charge in [-0.1, -0.05) is 35.3 Å². The largest absolute Gasteiger partial charge is 0.470 e. The van der Waals surface area contributed by atoms with Crippen molar-refractivity contribution in [3.8, 4) is 0 Å². The Morgan fingerprint density at radius 3 is 2.63 bits per heavy atom. The molecule has 3 heterocycles. The molecule has 6 N–H and O–H groups in total. The Hall–Kier alpha value is -2.97. The average Bonchev–Trinajstić information content (AvgIpc) is 3.23. The molecule has 0 aliphatic carbocycles. The monoisotopic (exact) mass is 510 g/mol. The second-order valence-electron chi connectivity index (χ2n) is 8.02. The van der Waals surface area contributed by atoms with E-state index in [4.69, 9.17) is 15.2 Å². The van der Waals surface area contributed by atoms with E-state index in [1.54, 1.807) is 37.4 Å². The van der Waals surface area contributed by atoms with Crippen LogP contribution < -0.4 is 10.3 Å². The Bertz CT molecular complexity index is 1250. The van der Waals surface area contributed by atoms with Crippen molar-refractivity contribution < 1.29 is 47.9 Å². The van der Waals surface area contributed by atoms with Crippen molar-refractivity contribution >= 4 is 30.8 Å². The molecule has 0 bridgehead atoms. The van der Waals surface area contributed by atoms with Crippen LogP contribution in [-0.2, 0) is 36.8 Å². The first-order valence-electron chi connectivity index (χ1n) is 10.5.